The van der Waals surface area contributed by atoms with Crippen LogP contribution in [0.1, 0.15) is 21.6 Å². The zero-order valence-corrected chi connectivity index (χ0v) is 12.4. The smallest absolute Gasteiger partial charge is 0.272 e. The molecule has 0 unspecified atom stereocenters. The SMILES string of the molecule is Cc1cc(C(=O)NCc2cn3ccccc3n2)ccc1[N+](=O)[O-]. The molecule has 0 atom stereocenters. The predicted octanol–water partition coefficient (Wildman–Crippen LogP) is 2.48. The van der Waals surface area contributed by atoms with Crippen molar-refractivity contribution in [2.75, 3.05) is 0 Å². The first-order chi connectivity index (χ1) is 11.0. The van der Waals surface area contributed by atoms with E-state index in [1.807, 2.05) is 35.0 Å². The Labute approximate surface area is 131 Å². The zero-order chi connectivity index (χ0) is 16.4. The summed E-state index contributed by atoms with van der Waals surface area (Å²) >= 11 is 0. The van der Waals surface area contributed by atoms with Crippen LogP contribution < -0.4 is 5.32 Å². The van der Waals surface area contributed by atoms with Crippen molar-refractivity contribution in [3.05, 3.63) is 75.7 Å². The van der Waals surface area contributed by atoms with Crippen molar-refractivity contribution >= 4 is 17.2 Å². The molecule has 0 saturated carbocycles. The number of carbonyl (C=O) groups is 1. The summed E-state index contributed by atoms with van der Waals surface area (Å²) in [5, 5.41) is 13.6. The first kappa shape index (κ1) is 14.7. The van der Waals surface area contributed by atoms with Crippen molar-refractivity contribution in [3.63, 3.8) is 0 Å². The Morgan fingerprint density at radius 3 is 2.87 bits per heavy atom. The van der Waals surface area contributed by atoms with E-state index in [1.54, 1.807) is 6.92 Å². The minimum Gasteiger partial charge on any atom is -0.346 e. The zero-order valence-electron chi connectivity index (χ0n) is 12.4. The van der Waals surface area contributed by atoms with E-state index in [1.165, 1.54) is 18.2 Å². The molecule has 0 fully saturated rings. The maximum atomic E-state index is 12.2. The monoisotopic (exact) mass is 310 g/mol. The highest BCUT2D eigenvalue weighted by Crippen LogP contribution is 2.18. The summed E-state index contributed by atoms with van der Waals surface area (Å²) in [6.45, 7) is 1.90. The summed E-state index contributed by atoms with van der Waals surface area (Å²) in [6, 6.07) is 9.97. The van der Waals surface area contributed by atoms with Gasteiger partial charge in [-0.25, -0.2) is 4.98 Å². The Bertz CT molecular complexity index is 868. The number of pyridine rings is 1. The Morgan fingerprint density at radius 1 is 1.35 bits per heavy atom. The van der Waals surface area contributed by atoms with Crippen LogP contribution in [0.3, 0.4) is 0 Å². The van der Waals surface area contributed by atoms with Crippen LogP contribution in [-0.2, 0) is 6.54 Å². The molecule has 2 aromatic heterocycles. The number of nitro groups is 1. The molecule has 3 aromatic rings. The Balaban J connectivity index is 1.71. The molecule has 0 saturated heterocycles. The van der Waals surface area contributed by atoms with Crippen molar-refractivity contribution < 1.29 is 9.72 Å². The van der Waals surface area contributed by atoms with Crippen LogP contribution in [0, 0.1) is 17.0 Å². The molecular formula is C16H14N4O3. The van der Waals surface area contributed by atoms with Gasteiger partial charge in [0.1, 0.15) is 5.65 Å². The van der Waals surface area contributed by atoms with Gasteiger partial charge in [0.05, 0.1) is 17.2 Å². The minimum atomic E-state index is -0.465. The number of carbonyl (C=O) groups excluding carboxylic acids is 1. The maximum absolute atomic E-state index is 12.2. The van der Waals surface area contributed by atoms with E-state index in [-0.39, 0.29) is 18.1 Å². The average molecular weight is 310 g/mol. The van der Waals surface area contributed by atoms with E-state index in [9.17, 15) is 14.9 Å². The molecule has 1 aromatic carbocycles. The molecule has 7 heteroatoms. The molecule has 116 valence electrons. The second-order valence-electron chi connectivity index (χ2n) is 5.14. The molecule has 0 aliphatic carbocycles. The summed E-state index contributed by atoms with van der Waals surface area (Å²) in [4.78, 5) is 26.9. The van der Waals surface area contributed by atoms with Crippen molar-refractivity contribution in [2.24, 2.45) is 0 Å². The van der Waals surface area contributed by atoms with Crippen molar-refractivity contribution in [1.82, 2.24) is 14.7 Å². The van der Waals surface area contributed by atoms with Crippen LogP contribution in [0.2, 0.25) is 0 Å². The first-order valence-electron chi connectivity index (χ1n) is 7.00. The third-order valence-electron chi connectivity index (χ3n) is 3.50. The lowest BCUT2D eigenvalue weighted by atomic mass is 10.1. The number of amides is 1. The number of nitro benzene ring substituents is 1. The molecule has 0 radical (unpaired) electrons. The lowest BCUT2D eigenvalue weighted by Gasteiger charge is -2.04. The summed E-state index contributed by atoms with van der Waals surface area (Å²) < 4.78 is 1.87. The highest BCUT2D eigenvalue weighted by molar-refractivity contribution is 5.94. The predicted molar refractivity (Wildman–Crippen MR) is 84.2 cm³/mol. The van der Waals surface area contributed by atoms with Crippen molar-refractivity contribution in [1.29, 1.82) is 0 Å². The number of hydrogen-bond donors (Lipinski definition) is 1. The third kappa shape index (κ3) is 3.03. The topological polar surface area (TPSA) is 89.5 Å². The molecule has 3 rings (SSSR count). The summed E-state index contributed by atoms with van der Waals surface area (Å²) in [5.74, 6) is -0.292. The second kappa shape index (κ2) is 5.88. The number of aromatic nitrogens is 2. The number of aryl methyl sites for hydroxylation is 1. The van der Waals surface area contributed by atoms with E-state index < -0.39 is 4.92 Å². The van der Waals surface area contributed by atoms with E-state index in [4.69, 9.17) is 0 Å². The second-order valence-corrected chi connectivity index (χ2v) is 5.14. The van der Waals surface area contributed by atoms with E-state index >= 15 is 0 Å². The fraction of sp³-hybridized carbons (Fsp3) is 0.125. The average Bonchev–Trinajstić information content (AvgIpc) is 2.95. The van der Waals surface area contributed by atoms with E-state index in [2.05, 4.69) is 10.3 Å². The van der Waals surface area contributed by atoms with E-state index in [0.29, 0.717) is 11.1 Å². The van der Waals surface area contributed by atoms with Gasteiger partial charge in [-0.15, -0.1) is 0 Å². The summed E-state index contributed by atoms with van der Waals surface area (Å²) in [7, 11) is 0. The third-order valence-corrected chi connectivity index (χ3v) is 3.50. The van der Waals surface area contributed by atoms with Crippen molar-refractivity contribution in [2.45, 2.75) is 13.5 Å². The van der Waals surface area contributed by atoms with Gasteiger partial charge in [0, 0.05) is 29.6 Å². The number of nitrogens with zero attached hydrogens (tertiary/aromatic N) is 3. The van der Waals surface area contributed by atoms with Crippen LogP contribution in [0.4, 0.5) is 5.69 Å². The van der Waals surface area contributed by atoms with Gasteiger partial charge in [0.25, 0.3) is 11.6 Å². The van der Waals surface area contributed by atoms with Gasteiger partial charge in [-0.3, -0.25) is 14.9 Å². The van der Waals surface area contributed by atoms with Crippen molar-refractivity contribution in [3.8, 4) is 0 Å². The van der Waals surface area contributed by atoms with Crippen LogP contribution in [0.25, 0.3) is 5.65 Å². The molecule has 2 heterocycles. The van der Waals surface area contributed by atoms with Crippen LogP contribution in [0.15, 0.2) is 48.8 Å². The number of imidazole rings is 1. The number of benzene rings is 1. The number of hydrogen-bond acceptors (Lipinski definition) is 4. The molecule has 23 heavy (non-hydrogen) atoms. The lowest BCUT2D eigenvalue weighted by Crippen LogP contribution is -2.23. The van der Waals surface area contributed by atoms with Gasteiger partial charge >= 0.3 is 0 Å². The lowest BCUT2D eigenvalue weighted by molar-refractivity contribution is -0.385. The molecule has 1 N–H and O–H groups in total. The van der Waals surface area contributed by atoms with Gasteiger partial charge < -0.3 is 9.72 Å². The van der Waals surface area contributed by atoms with Crippen LogP contribution in [0.5, 0.6) is 0 Å². The molecule has 0 bridgehead atoms. The number of nitrogens with one attached hydrogen (secondary N) is 1. The standard InChI is InChI=1S/C16H14N4O3/c1-11-8-12(5-6-14(11)20(22)23)16(21)17-9-13-10-19-7-3-2-4-15(19)18-13/h2-8,10H,9H2,1H3,(H,17,21). The van der Waals surface area contributed by atoms with Gasteiger partial charge in [0.15, 0.2) is 0 Å². The summed E-state index contributed by atoms with van der Waals surface area (Å²) in [6.07, 6.45) is 3.73. The molecular weight excluding hydrogens is 296 g/mol. The van der Waals surface area contributed by atoms with Gasteiger partial charge in [0.2, 0.25) is 0 Å². The molecule has 0 spiro atoms. The normalized spacial score (nSPS) is 10.7. The van der Waals surface area contributed by atoms with Crippen LogP contribution in [-0.4, -0.2) is 20.2 Å². The summed E-state index contributed by atoms with van der Waals surface area (Å²) in [5.41, 5.74) is 2.39. The Kier molecular flexibility index (Phi) is 3.76. The fourth-order valence-corrected chi connectivity index (χ4v) is 2.35. The van der Waals surface area contributed by atoms with Gasteiger partial charge in [-0.2, -0.15) is 0 Å². The first-order valence-corrected chi connectivity index (χ1v) is 7.00. The maximum Gasteiger partial charge on any atom is 0.272 e. The highest BCUT2D eigenvalue weighted by Gasteiger charge is 2.14. The quantitative estimate of drug-likeness (QED) is 0.592. The Morgan fingerprint density at radius 2 is 2.17 bits per heavy atom. The molecule has 0 aliphatic rings. The highest BCUT2D eigenvalue weighted by atomic mass is 16.6. The minimum absolute atomic E-state index is 0.00176. The Hall–Kier alpha value is -3.22. The molecule has 0 aliphatic heterocycles. The molecule has 1 amide bonds. The number of rotatable bonds is 4. The fourth-order valence-electron chi connectivity index (χ4n) is 2.35. The molecule has 7 nitrogen and oxygen atoms in total. The van der Waals surface area contributed by atoms with E-state index in [0.717, 1.165) is 11.3 Å². The van der Waals surface area contributed by atoms with Gasteiger partial charge in [-0.1, -0.05) is 6.07 Å². The number of fused-ring (bicyclic) bond motifs is 1. The van der Waals surface area contributed by atoms with Gasteiger partial charge in [-0.05, 0) is 31.2 Å². The van der Waals surface area contributed by atoms with Crippen LogP contribution >= 0.6 is 0 Å². The largest absolute Gasteiger partial charge is 0.346 e.